The number of carbonyl (C=O) groups is 2. The van der Waals surface area contributed by atoms with Gasteiger partial charge in [0.05, 0.1) is 46.5 Å². The molecule has 2 aliphatic rings. The number of nitrogens with zero attached hydrogens (tertiary/aromatic N) is 2. The van der Waals surface area contributed by atoms with Crippen LogP contribution < -0.4 is 10.6 Å². The second-order valence-corrected chi connectivity index (χ2v) is 6.11. The zero-order chi connectivity index (χ0) is 18.3. The van der Waals surface area contributed by atoms with Crippen LogP contribution in [0.25, 0.3) is 0 Å². The molecule has 2 aliphatic heterocycles. The van der Waals surface area contributed by atoms with Gasteiger partial charge in [-0.2, -0.15) is 10.5 Å². The van der Waals surface area contributed by atoms with Gasteiger partial charge in [0.2, 0.25) is 0 Å². The summed E-state index contributed by atoms with van der Waals surface area (Å²) in [6, 6.07) is 16.6. The summed E-state index contributed by atoms with van der Waals surface area (Å²) in [6.45, 7) is 0. The Balaban J connectivity index is 1.79. The molecule has 0 saturated carbocycles. The third kappa shape index (κ3) is 2.33. The minimum Gasteiger partial charge on any atom is -0.341 e. The lowest BCUT2D eigenvalue weighted by atomic mass is 9.94. The van der Waals surface area contributed by atoms with Crippen molar-refractivity contribution in [3.63, 3.8) is 0 Å². The quantitative estimate of drug-likeness (QED) is 0.869. The lowest BCUT2D eigenvalue weighted by Crippen LogP contribution is -2.33. The highest BCUT2D eigenvalue weighted by Gasteiger charge is 2.46. The van der Waals surface area contributed by atoms with Crippen molar-refractivity contribution >= 4 is 11.8 Å². The molecule has 0 aliphatic carbocycles. The number of benzene rings is 2. The molecule has 124 valence electrons. The second-order valence-electron chi connectivity index (χ2n) is 6.11. The van der Waals surface area contributed by atoms with Gasteiger partial charge in [-0.25, -0.2) is 0 Å². The molecule has 2 heterocycles. The van der Waals surface area contributed by atoms with Crippen LogP contribution in [0.15, 0.2) is 59.7 Å². The highest BCUT2D eigenvalue weighted by molar-refractivity contribution is 6.14. The summed E-state index contributed by atoms with van der Waals surface area (Å²) in [5, 5.41) is 23.8. The smallest absolute Gasteiger partial charge is 0.250 e. The molecular weight excluding hydrogens is 328 g/mol. The first-order chi connectivity index (χ1) is 12.6. The lowest BCUT2D eigenvalue weighted by molar-refractivity contribution is -0.118. The summed E-state index contributed by atoms with van der Waals surface area (Å²) in [6.07, 6.45) is 0. The van der Waals surface area contributed by atoms with Crippen LogP contribution in [0.5, 0.6) is 0 Å². The maximum Gasteiger partial charge on any atom is 0.250 e. The number of hydrogen-bond donors (Lipinski definition) is 2. The summed E-state index contributed by atoms with van der Waals surface area (Å²) in [5.41, 5.74) is 3.04. The molecule has 0 fully saturated rings. The summed E-state index contributed by atoms with van der Waals surface area (Å²) < 4.78 is 0. The van der Waals surface area contributed by atoms with E-state index < -0.39 is 12.1 Å². The van der Waals surface area contributed by atoms with Crippen LogP contribution in [-0.2, 0) is 9.59 Å². The van der Waals surface area contributed by atoms with Crippen molar-refractivity contribution in [2.45, 2.75) is 12.1 Å². The average Bonchev–Trinajstić information content (AvgIpc) is 3.20. The van der Waals surface area contributed by atoms with Crippen LogP contribution in [0, 0.1) is 22.7 Å². The van der Waals surface area contributed by atoms with Crippen molar-refractivity contribution in [3.8, 4) is 12.1 Å². The fourth-order valence-electron chi connectivity index (χ4n) is 3.46. The molecule has 6 heteroatoms. The van der Waals surface area contributed by atoms with Crippen LogP contribution in [0.3, 0.4) is 0 Å². The van der Waals surface area contributed by atoms with E-state index in [4.69, 9.17) is 10.5 Å². The number of hydrogen-bond acceptors (Lipinski definition) is 4. The third-order valence-electron chi connectivity index (χ3n) is 4.61. The largest absolute Gasteiger partial charge is 0.341 e. The summed E-state index contributed by atoms with van der Waals surface area (Å²) in [4.78, 5) is 25.2. The van der Waals surface area contributed by atoms with E-state index >= 15 is 0 Å². The van der Waals surface area contributed by atoms with Crippen molar-refractivity contribution in [1.82, 2.24) is 10.6 Å². The Morgan fingerprint density at radius 3 is 1.54 bits per heavy atom. The lowest BCUT2D eigenvalue weighted by Gasteiger charge is -2.17. The molecule has 2 amide bonds. The molecule has 6 nitrogen and oxygen atoms in total. The number of nitrogens with one attached hydrogen (secondary N) is 2. The topological polar surface area (TPSA) is 106 Å². The summed E-state index contributed by atoms with van der Waals surface area (Å²) in [7, 11) is 0. The molecule has 0 aromatic heterocycles. The molecule has 26 heavy (non-hydrogen) atoms. The molecule has 2 unspecified atom stereocenters. The highest BCUT2D eigenvalue weighted by Crippen LogP contribution is 2.41. The van der Waals surface area contributed by atoms with Gasteiger partial charge in [0.25, 0.3) is 11.8 Å². The summed E-state index contributed by atoms with van der Waals surface area (Å²) >= 11 is 0. The predicted molar refractivity (Wildman–Crippen MR) is 91.1 cm³/mol. The van der Waals surface area contributed by atoms with Crippen LogP contribution >= 0.6 is 0 Å². The van der Waals surface area contributed by atoms with Gasteiger partial charge in [-0.3, -0.25) is 9.59 Å². The number of amides is 2. The molecule has 2 N–H and O–H groups in total. The van der Waals surface area contributed by atoms with Gasteiger partial charge in [-0.05, 0) is 35.4 Å². The molecule has 0 bridgehead atoms. The molecule has 2 aromatic carbocycles. The van der Waals surface area contributed by atoms with E-state index in [2.05, 4.69) is 22.8 Å². The van der Waals surface area contributed by atoms with E-state index in [0.29, 0.717) is 33.4 Å². The Kier molecular flexibility index (Phi) is 3.53. The van der Waals surface area contributed by atoms with E-state index in [1.54, 1.807) is 48.5 Å². The van der Waals surface area contributed by atoms with Crippen LogP contribution in [0.2, 0.25) is 0 Å². The number of rotatable bonds is 2. The Labute approximate surface area is 149 Å². The van der Waals surface area contributed by atoms with Crippen molar-refractivity contribution in [3.05, 3.63) is 81.9 Å². The third-order valence-corrected chi connectivity index (χ3v) is 4.61. The number of nitriles is 2. The van der Waals surface area contributed by atoms with Gasteiger partial charge >= 0.3 is 0 Å². The normalized spacial score (nSPS) is 20.8. The SMILES string of the molecule is N#Cc1cccc(C2NC(=O)C3=C2C(=O)NC3c2cccc(C#N)c2)c1. The van der Waals surface area contributed by atoms with Crippen LogP contribution in [-0.4, -0.2) is 11.8 Å². The molecule has 2 atom stereocenters. The maximum atomic E-state index is 12.6. The van der Waals surface area contributed by atoms with Crippen molar-refractivity contribution in [2.24, 2.45) is 0 Å². The van der Waals surface area contributed by atoms with E-state index in [1.807, 2.05) is 0 Å². The van der Waals surface area contributed by atoms with Gasteiger partial charge in [-0.1, -0.05) is 24.3 Å². The van der Waals surface area contributed by atoms with Gasteiger partial charge in [0.15, 0.2) is 0 Å². The second kappa shape index (κ2) is 5.87. The Hall–Kier alpha value is -3.90. The van der Waals surface area contributed by atoms with E-state index in [9.17, 15) is 9.59 Å². The molecule has 0 saturated heterocycles. The van der Waals surface area contributed by atoms with E-state index in [-0.39, 0.29) is 11.8 Å². The van der Waals surface area contributed by atoms with Crippen LogP contribution in [0.1, 0.15) is 34.3 Å². The summed E-state index contributed by atoms with van der Waals surface area (Å²) in [5.74, 6) is -0.642. The Bertz CT molecular complexity index is 986. The molecular formula is C20H12N4O2. The molecule has 4 rings (SSSR count). The standard InChI is InChI=1S/C20H12N4O2/c21-9-11-3-1-5-13(7-11)17-15-16(20(26)23-17)18(24-19(15)25)14-6-2-4-12(8-14)10-22/h1-8,17-18H,(H,23,26)(H,24,25). The van der Waals surface area contributed by atoms with Gasteiger partial charge < -0.3 is 10.6 Å². The first kappa shape index (κ1) is 15.6. The average molecular weight is 340 g/mol. The van der Waals surface area contributed by atoms with Gasteiger partial charge in [0.1, 0.15) is 0 Å². The van der Waals surface area contributed by atoms with Crippen molar-refractivity contribution < 1.29 is 9.59 Å². The van der Waals surface area contributed by atoms with Gasteiger partial charge in [-0.15, -0.1) is 0 Å². The minimum atomic E-state index is -0.588. The first-order valence-electron chi connectivity index (χ1n) is 7.98. The number of carbonyl (C=O) groups excluding carboxylic acids is 2. The molecule has 2 aromatic rings. The molecule has 0 spiro atoms. The van der Waals surface area contributed by atoms with Crippen LogP contribution in [0.4, 0.5) is 0 Å². The highest BCUT2D eigenvalue weighted by atomic mass is 16.2. The zero-order valence-corrected chi connectivity index (χ0v) is 13.5. The Morgan fingerprint density at radius 1 is 0.731 bits per heavy atom. The first-order valence-corrected chi connectivity index (χ1v) is 7.98. The molecule has 0 radical (unpaired) electrons. The fraction of sp³-hybridized carbons (Fsp3) is 0.100. The van der Waals surface area contributed by atoms with Gasteiger partial charge in [0, 0.05) is 0 Å². The predicted octanol–water partition coefficient (Wildman–Crippen LogP) is 1.77. The maximum absolute atomic E-state index is 12.6. The zero-order valence-electron chi connectivity index (χ0n) is 13.5. The Morgan fingerprint density at radius 2 is 1.15 bits per heavy atom. The minimum absolute atomic E-state index is 0.321. The monoisotopic (exact) mass is 340 g/mol. The van der Waals surface area contributed by atoms with Crippen molar-refractivity contribution in [1.29, 1.82) is 10.5 Å². The van der Waals surface area contributed by atoms with Crippen molar-refractivity contribution in [2.75, 3.05) is 0 Å². The fourth-order valence-corrected chi connectivity index (χ4v) is 3.46. The van der Waals surface area contributed by atoms with E-state index in [0.717, 1.165) is 0 Å². The van der Waals surface area contributed by atoms with E-state index in [1.165, 1.54) is 0 Å².